The van der Waals surface area contributed by atoms with Crippen LogP contribution in [0.15, 0.2) is 91.4 Å². The highest BCUT2D eigenvalue weighted by atomic mass is 35.5. The van der Waals surface area contributed by atoms with E-state index in [-0.39, 0.29) is 12.5 Å². The molecule has 8 nitrogen and oxygen atoms in total. The lowest BCUT2D eigenvalue weighted by Gasteiger charge is -2.27. The summed E-state index contributed by atoms with van der Waals surface area (Å²) in [6.45, 7) is 4.36. The molecule has 0 bridgehead atoms. The number of aliphatic hydroxyl groups is 1. The normalized spacial score (nSPS) is 11.4. The summed E-state index contributed by atoms with van der Waals surface area (Å²) in [6, 6.07) is 24.0. The molecule has 9 heteroatoms. The quantitative estimate of drug-likeness (QED) is 0.203. The summed E-state index contributed by atoms with van der Waals surface area (Å²) < 4.78 is 7.92. The van der Waals surface area contributed by atoms with Gasteiger partial charge in [0, 0.05) is 24.0 Å². The standard InChI is InChI=1S/C30H28ClN5O3/c1-30(2,21-8-4-3-5-9-21)35-29(38)20-7-6-10-23(17-20)39-26-12-11-22(18-24(26)31)34-28-27-25(32-19-33-28)13-14-36(27)15-16-37/h3-14,17-19,37H,15-16H2,1-2H3,(H,35,38)(H,32,33,34). The molecule has 0 aliphatic carbocycles. The number of anilines is 2. The fourth-order valence-electron chi connectivity index (χ4n) is 4.33. The minimum absolute atomic E-state index is 0.00360. The number of carbonyl (C=O) groups excluding carboxylic acids is 1. The number of fused-ring (bicyclic) bond motifs is 1. The van der Waals surface area contributed by atoms with Crippen LogP contribution in [-0.2, 0) is 12.1 Å². The van der Waals surface area contributed by atoms with E-state index < -0.39 is 5.54 Å². The van der Waals surface area contributed by atoms with E-state index in [1.165, 1.54) is 6.33 Å². The molecule has 0 spiro atoms. The third kappa shape index (κ3) is 5.87. The van der Waals surface area contributed by atoms with Crippen molar-refractivity contribution in [3.63, 3.8) is 0 Å². The Labute approximate surface area is 231 Å². The van der Waals surface area contributed by atoms with Gasteiger partial charge in [-0.2, -0.15) is 0 Å². The van der Waals surface area contributed by atoms with Crippen molar-refractivity contribution in [2.75, 3.05) is 11.9 Å². The van der Waals surface area contributed by atoms with Gasteiger partial charge in [0.05, 0.1) is 22.7 Å². The molecule has 5 rings (SSSR count). The van der Waals surface area contributed by atoms with Crippen molar-refractivity contribution in [1.29, 1.82) is 0 Å². The van der Waals surface area contributed by atoms with Crippen LogP contribution in [0.3, 0.4) is 0 Å². The maximum Gasteiger partial charge on any atom is 0.252 e. The van der Waals surface area contributed by atoms with E-state index in [4.69, 9.17) is 16.3 Å². The molecule has 0 aliphatic rings. The number of nitrogens with one attached hydrogen (secondary N) is 2. The van der Waals surface area contributed by atoms with Gasteiger partial charge in [0.15, 0.2) is 5.82 Å². The smallest absolute Gasteiger partial charge is 0.252 e. The summed E-state index contributed by atoms with van der Waals surface area (Å²) in [4.78, 5) is 21.7. The Kier molecular flexibility index (Phi) is 7.49. The maximum atomic E-state index is 13.0. The van der Waals surface area contributed by atoms with E-state index in [1.54, 1.807) is 36.4 Å². The van der Waals surface area contributed by atoms with Crippen LogP contribution in [0, 0.1) is 0 Å². The Balaban J connectivity index is 1.31. The number of aliphatic hydroxyl groups excluding tert-OH is 1. The monoisotopic (exact) mass is 541 g/mol. The number of nitrogens with zero attached hydrogens (tertiary/aromatic N) is 3. The zero-order valence-electron chi connectivity index (χ0n) is 21.6. The molecule has 0 fully saturated rings. The van der Waals surface area contributed by atoms with Crippen LogP contribution >= 0.6 is 11.6 Å². The molecule has 1 amide bonds. The van der Waals surface area contributed by atoms with Crippen molar-refractivity contribution in [3.05, 3.63) is 108 Å². The number of carbonyl (C=O) groups is 1. The summed E-state index contributed by atoms with van der Waals surface area (Å²) in [5, 5.41) is 16.1. The highest BCUT2D eigenvalue weighted by Crippen LogP contribution is 2.34. The van der Waals surface area contributed by atoms with Crippen molar-refractivity contribution in [2.24, 2.45) is 0 Å². The summed E-state index contributed by atoms with van der Waals surface area (Å²) in [5.74, 6) is 1.32. The first-order valence-electron chi connectivity index (χ1n) is 12.5. The molecule has 2 heterocycles. The van der Waals surface area contributed by atoms with Crippen LogP contribution in [0.4, 0.5) is 11.5 Å². The Morgan fingerprint density at radius 2 is 1.85 bits per heavy atom. The molecule has 3 aromatic carbocycles. The van der Waals surface area contributed by atoms with Crippen molar-refractivity contribution >= 4 is 40.0 Å². The lowest BCUT2D eigenvalue weighted by atomic mass is 9.94. The third-order valence-electron chi connectivity index (χ3n) is 6.33. The average Bonchev–Trinajstić information content (AvgIpc) is 3.35. The van der Waals surface area contributed by atoms with E-state index in [1.807, 2.05) is 67.1 Å². The molecule has 0 radical (unpaired) electrons. The molecule has 0 atom stereocenters. The molecular formula is C30H28ClN5O3. The number of halogens is 1. The number of rotatable bonds is 9. The number of hydrogen-bond donors (Lipinski definition) is 3. The summed E-state index contributed by atoms with van der Waals surface area (Å²) in [7, 11) is 0. The van der Waals surface area contributed by atoms with Gasteiger partial charge in [-0.05, 0) is 61.9 Å². The van der Waals surface area contributed by atoms with Gasteiger partial charge < -0.3 is 25.0 Å². The summed E-state index contributed by atoms with van der Waals surface area (Å²) >= 11 is 6.57. The maximum absolute atomic E-state index is 13.0. The van der Waals surface area contributed by atoms with Gasteiger partial charge in [-0.15, -0.1) is 0 Å². The molecule has 3 N–H and O–H groups in total. The van der Waals surface area contributed by atoms with Gasteiger partial charge in [-0.3, -0.25) is 4.79 Å². The second-order valence-corrected chi connectivity index (χ2v) is 9.94. The van der Waals surface area contributed by atoms with Gasteiger partial charge in [0.2, 0.25) is 0 Å². The summed E-state index contributed by atoms with van der Waals surface area (Å²) in [6.07, 6.45) is 3.35. The molecule has 0 saturated heterocycles. The van der Waals surface area contributed by atoms with Crippen LogP contribution in [0.2, 0.25) is 5.02 Å². The van der Waals surface area contributed by atoms with Crippen molar-refractivity contribution < 1.29 is 14.6 Å². The minimum Gasteiger partial charge on any atom is -0.456 e. The van der Waals surface area contributed by atoms with Gasteiger partial charge in [0.1, 0.15) is 23.3 Å². The first kappa shape index (κ1) is 26.2. The molecule has 5 aromatic rings. The second kappa shape index (κ2) is 11.1. The first-order chi connectivity index (χ1) is 18.8. The Morgan fingerprint density at radius 3 is 2.62 bits per heavy atom. The predicted octanol–water partition coefficient (Wildman–Crippen LogP) is 6.28. The van der Waals surface area contributed by atoms with E-state index in [0.717, 1.165) is 16.6 Å². The Hall–Kier alpha value is -4.40. The number of aromatic nitrogens is 3. The molecule has 0 aliphatic heterocycles. The zero-order valence-corrected chi connectivity index (χ0v) is 22.3. The van der Waals surface area contributed by atoms with Crippen molar-refractivity contribution in [3.8, 4) is 11.5 Å². The Morgan fingerprint density at radius 1 is 1.03 bits per heavy atom. The number of hydrogen-bond acceptors (Lipinski definition) is 6. The minimum atomic E-state index is -0.545. The molecular weight excluding hydrogens is 514 g/mol. The SMILES string of the molecule is CC(C)(NC(=O)c1cccc(Oc2ccc(Nc3ncnc4ccn(CCO)c34)cc2Cl)c1)c1ccccc1. The van der Waals surface area contributed by atoms with E-state index in [2.05, 4.69) is 20.6 Å². The second-order valence-electron chi connectivity index (χ2n) is 9.53. The number of amides is 1. The largest absolute Gasteiger partial charge is 0.456 e. The zero-order chi connectivity index (χ0) is 27.4. The predicted molar refractivity (Wildman–Crippen MR) is 153 cm³/mol. The van der Waals surface area contributed by atoms with Gasteiger partial charge in [-0.1, -0.05) is 48.0 Å². The van der Waals surface area contributed by atoms with Crippen molar-refractivity contribution in [2.45, 2.75) is 25.9 Å². The summed E-state index contributed by atoms with van der Waals surface area (Å²) in [5.41, 5.74) is 3.20. The van der Waals surface area contributed by atoms with Crippen LogP contribution in [0.1, 0.15) is 29.8 Å². The lowest BCUT2D eigenvalue weighted by molar-refractivity contribution is 0.0911. The first-order valence-corrected chi connectivity index (χ1v) is 12.8. The van der Waals surface area contributed by atoms with Gasteiger partial charge in [0.25, 0.3) is 5.91 Å². The van der Waals surface area contributed by atoms with Crippen LogP contribution in [0.25, 0.3) is 11.0 Å². The molecule has 39 heavy (non-hydrogen) atoms. The fourth-order valence-corrected chi connectivity index (χ4v) is 4.55. The lowest BCUT2D eigenvalue weighted by Crippen LogP contribution is -2.40. The number of benzene rings is 3. The van der Waals surface area contributed by atoms with Crippen LogP contribution < -0.4 is 15.4 Å². The molecule has 0 unspecified atom stereocenters. The van der Waals surface area contributed by atoms with E-state index in [9.17, 15) is 9.90 Å². The molecule has 0 saturated carbocycles. The Bertz CT molecular complexity index is 1620. The number of ether oxygens (including phenoxy) is 1. The van der Waals surface area contributed by atoms with Gasteiger partial charge in [-0.25, -0.2) is 9.97 Å². The fraction of sp³-hybridized carbons (Fsp3) is 0.167. The third-order valence-corrected chi connectivity index (χ3v) is 6.63. The van der Waals surface area contributed by atoms with Crippen LogP contribution in [0.5, 0.6) is 11.5 Å². The van der Waals surface area contributed by atoms with Crippen LogP contribution in [-0.4, -0.2) is 32.2 Å². The van der Waals surface area contributed by atoms with E-state index in [0.29, 0.717) is 40.1 Å². The average molecular weight is 542 g/mol. The highest BCUT2D eigenvalue weighted by Gasteiger charge is 2.23. The van der Waals surface area contributed by atoms with E-state index >= 15 is 0 Å². The van der Waals surface area contributed by atoms with Gasteiger partial charge >= 0.3 is 0 Å². The van der Waals surface area contributed by atoms with Crippen molar-refractivity contribution in [1.82, 2.24) is 19.9 Å². The topological polar surface area (TPSA) is 101 Å². The molecule has 198 valence electrons. The molecule has 2 aromatic heterocycles. The highest BCUT2D eigenvalue weighted by molar-refractivity contribution is 6.32.